The molecule has 1 aromatic heterocycles. The van der Waals surface area contributed by atoms with Crippen molar-refractivity contribution in [2.24, 2.45) is 10.9 Å². The third kappa shape index (κ3) is 2.39. The van der Waals surface area contributed by atoms with Gasteiger partial charge < -0.3 is 4.90 Å². The molecule has 4 aliphatic heterocycles. The summed E-state index contributed by atoms with van der Waals surface area (Å²) in [5.41, 5.74) is 2.97. The third-order valence-electron chi connectivity index (χ3n) is 5.58. The predicted octanol–water partition coefficient (Wildman–Crippen LogP) is 3.31. The van der Waals surface area contributed by atoms with Crippen LogP contribution in [0.4, 0.5) is 5.82 Å². The molecule has 6 rings (SSSR count). The fraction of sp³-hybridized carbons (Fsp3) is 0.444. The molecule has 0 saturated carbocycles. The van der Waals surface area contributed by atoms with Gasteiger partial charge in [0, 0.05) is 29.6 Å². The van der Waals surface area contributed by atoms with Crippen LogP contribution in [0.3, 0.4) is 0 Å². The van der Waals surface area contributed by atoms with E-state index in [4.69, 9.17) is 16.4 Å². The first-order valence-electron chi connectivity index (χ1n) is 8.49. The molecule has 1 N–H and O–H groups in total. The second-order valence-electron chi connectivity index (χ2n) is 7.09. The Balaban J connectivity index is 1.42. The Morgan fingerprint density at radius 1 is 1.25 bits per heavy atom. The molecule has 2 bridgehead atoms. The van der Waals surface area contributed by atoms with Crippen molar-refractivity contribution < 1.29 is 4.84 Å². The summed E-state index contributed by atoms with van der Waals surface area (Å²) in [5.74, 6) is 2.22. The van der Waals surface area contributed by atoms with Crippen LogP contribution in [-0.4, -0.2) is 41.0 Å². The van der Waals surface area contributed by atoms with Gasteiger partial charge in [-0.15, -0.1) is 0 Å². The van der Waals surface area contributed by atoms with E-state index in [-0.39, 0.29) is 5.60 Å². The average molecular weight is 343 g/mol. The minimum absolute atomic E-state index is 0.0975. The number of nitrogens with one attached hydrogen (secondary N) is 1. The molecule has 5 heterocycles. The predicted molar refractivity (Wildman–Crippen MR) is 94.6 cm³/mol. The van der Waals surface area contributed by atoms with Gasteiger partial charge in [-0.3, -0.25) is 10.3 Å². The van der Waals surface area contributed by atoms with E-state index in [1.54, 1.807) is 0 Å². The number of hydrogen-bond donors (Lipinski definition) is 1. The number of nitrogens with zero attached hydrogens (tertiary/aromatic N) is 3. The van der Waals surface area contributed by atoms with Crippen molar-refractivity contribution in [3.8, 4) is 0 Å². The van der Waals surface area contributed by atoms with Crippen molar-refractivity contribution in [3.63, 3.8) is 0 Å². The van der Waals surface area contributed by atoms with Crippen molar-refractivity contribution >= 4 is 34.0 Å². The molecular formula is C18H19ClN4O. The molecular weight excluding hydrogens is 324 g/mol. The number of amidine groups is 1. The molecule has 5 nitrogen and oxygen atoms in total. The zero-order valence-corrected chi connectivity index (χ0v) is 14.1. The number of halogens is 1. The lowest BCUT2D eigenvalue weighted by atomic mass is 9.74. The van der Waals surface area contributed by atoms with Crippen molar-refractivity contribution in [2.45, 2.75) is 24.9 Å². The Morgan fingerprint density at radius 2 is 2.12 bits per heavy atom. The molecule has 24 heavy (non-hydrogen) atoms. The number of pyridine rings is 1. The van der Waals surface area contributed by atoms with Gasteiger partial charge in [0.15, 0.2) is 5.82 Å². The van der Waals surface area contributed by atoms with Gasteiger partial charge in [0.05, 0.1) is 0 Å². The van der Waals surface area contributed by atoms with E-state index in [1.807, 2.05) is 30.5 Å². The van der Waals surface area contributed by atoms with Crippen LogP contribution in [0, 0.1) is 5.92 Å². The lowest BCUT2D eigenvalue weighted by Crippen LogP contribution is -2.59. The quantitative estimate of drug-likeness (QED) is 0.863. The van der Waals surface area contributed by atoms with E-state index in [9.17, 15) is 0 Å². The fourth-order valence-corrected chi connectivity index (χ4v) is 4.50. The average Bonchev–Trinajstić information content (AvgIpc) is 2.98. The highest BCUT2D eigenvalue weighted by Crippen LogP contribution is 2.42. The number of aliphatic imine (C=N–C) groups is 1. The van der Waals surface area contributed by atoms with Crippen molar-refractivity contribution in [3.05, 3.63) is 35.5 Å². The number of hydroxylamine groups is 1. The zero-order valence-electron chi connectivity index (χ0n) is 13.3. The normalized spacial score (nSPS) is 33.5. The number of fused-ring (bicyclic) bond motifs is 3. The topological polar surface area (TPSA) is 49.8 Å². The smallest absolute Gasteiger partial charge is 0.154 e. The number of aromatic nitrogens is 1. The van der Waals surface area contributed by atoms with Crippen LogP contribution in [0.25, 0.3) is 10.8 Å². The second-order valence-corrected chi connectivity index (χ2v) is 7.53. The zero-order chi connectivity index (χ0) is 16.1. The Hall–Kier alpha value is -1.69. The van der Waals surface area contributed by atoms with E-state index in [2.05, 4.69) is 20.4 Å². The summed E-state index contributed by atoms with van der Waals surface area (Å²) in [5, 5.41) is 2.83. The lowest BCUT2D eigenvalue weighted by molar-refractivity contribution is -0.150. The third-order valence-corrected chi connectivity index (χ3v) is 5.82. The number of rotatable bonds is 1. The standard InChI is InChI=1S/C18H19ClN4O/c19-15-2-1-12-8-16(20-10-13(12)7-15)21-17-9-18(24-22-17)11-23-5-3-14(18)4-6-23/h1-2,7-8,10,14H,3-6,9,11H2,(H,20,21,22)/t18-/m0/s1. The van der Waals surface area contributed by atoms with Crippen molar-refractivity contribution in [1.29, 1.82) is 0 Å². The summed E-state index contributed by atoms with van der Waals surface area (Å²) >= 11 is 6.02. The van der Waals surface area contributed by atoms with Gasteiger partial charge in [0.25, 0.3) is 0 Å². The minimum atomic E-state index is -0.0975. The summed E-state index contributed by atoms with van der Waals surface area (Å²) in [4.78, 5) is 17.7. The van der Waals surface area contributed by atoms with E-state index < -0.39 is 0 Å². The van der Waals surface area contributed by atoms with Crippen LogP contribution < -0.4 is 5.48 Å². The van der Waals surface area contributed by atoms with Gasteiger partial charge in [-0.25, -0.2) is 9.98 Å². The number of piperidine rings is 3. The van der Waals surface area contributed by atoms with E-state index in [0.29, 0.717) is 11.7 Å². The molecule has 124 valence electrons. The molecule has 4 saturated heterocycles. The minimum Gasteiger partial charge on any atom is -0.300 e. The SMILES string of the molecule is Clc1ccc2cc(N=C3C[C@@]4(CN5CCC4CC5)ON3)ncc2c1. The van der Waals surface area contributed by atoms with Crippen LogP contribution in [0.5, 0.6) is 0 Å². The van der Waals surface area contributed by atoms with Gasteiger partial charge in [0.2, 0.25) is 0 Å². The fourth-order valence-electron chi connectivity index (χ4n) is 4.32. The maximum absolute atomic E-state index is 6.04. The summed E-state index contributed by atoms with van der Waals surface area (Å²) in [6.07, 6.45) is 5.11. The highest BCUT2D eigenvalue weighted by molar-refractivity contribution is 6.31. The molecule has 0 unspecified atom stereocenters. The van der Waals surface area contributed by atoms with Crippen LogP contribution in [0.15, 0.2) is 35.5 Å². The summed E-state index contributed by atoms with van der Waals surface area (Å²) in [6, 6.07) is 7.79. The Bertz CT molecular complexity index is 831. The summed E-state index contributed by atoms with van der Waals surface area (Å²) in [6.45, 7) is 3.42. The molecule has 1 spiro atoms. The molecule has 1 atom stereocenters. The van der Waals surface area contributed by atoms with Gasteiger partial charge in [-0.1, -0.05) is 17.7 Å². The highest BCUT2D eigenvalue weighted by Gasteiger charge is 2.52. The van der Waals surface area contributed by atoms with E-state index >= 15 is 0 Å². The molecule has 4 fully saturated rings. The molecule has 4 aliphatic rings. The van der Waals surface area contributed by atoms with Gasteiger partial charge >= 0.3 is 0 Å². The first-order valence-corrected chi connectivity index (χ1v) is 8.87. The van der Waals surface area contributed by atoms with Gasteiger partial charge in [0.1, 0.15) is 11.4 Å². The van der Waals surface area contributed by atoms with Crippen molar-refractivity contribution in [1.82, 2.24) is 15.4 Å². The Labute approximate surface area is 145 Å². The second kappa shape index (κ2) is 5.41. The molecule has 0 aliphatic carbocycles. The highest BCUT2D eigenvalue weighted by atomic mass is 35.5. The van der Waals surface area contributed by atoms with Gasteiger partial charge in [-0.2, -0.15) is 0 Å². The van der Waals surface area contributed by atoms with E-state index in [1.165, 1.54) is 25.9 Å². The number of benzene rings is 1. The molecule has 2 aromatic rings. The maximum Gasteiger partial charge on any atom is 0.154 e. The lowest BCUT2D eigenvalue weighted by Gasteiger charge is -2.49. The Kier molecular flexibility index (Phi) is 3.30. The first-order chi connectivity index (χ1) is 11.7. The van der Waals surface area contributed by atoms with E-state index in [0.717, 1.165) is 34.6 Å². The van der Waals surface area contributed by atoms with Crippen LogP contribution in [-0.2, 0) is 4.84 Å². The summed E-state index contributed by atoms with van der Waals surface area (Å²) < 4.78 is 0. The van der Waals surface area contributed by atoms with Crippen molar-refractivity contribution in [2.75, 3.05) is 19.6 Å². The molecule has 0 amide bonds. The summed E-state index contributed by atoms with van der Waals surface area (Å²) in [7, 11) is 0. The monoisotopic (exact) mass is 342 g/mol. The van der Waals surface area contributed by atoms with Crippen LogP contribution in [0.2, 0.25) is 5.02 Å². The largest absolute Gasteiger partial charge is 0.300 e. The maximum atomic E-state index is 6.04. The first kappa shape index (κ1) is 14.6. The number of hydrogen-bond acceptors (Lipinski definition) is 4. The molecule has 6 heteroatoms. The van der Waals surface area contributed by atoms with Crippen LogP contribution in [0.1, 0.15) is 19.3 Å². The molecule has 0 radical (unpaired) electrons. The van der Waals surface area contributed by atoms with Gasteiger partial charge in [-0.05, 0) is 55.4 Å². The molecule has 1 aromatic carbocycles. The Morgan fingerprint density at radius 3 is 2.92 bits per heavy atom. The van der Waals surface area contributed by atoms with Crippen LogP contribution >= 0.6 is 11.6 Å².